The SMILES string of the molecule is CCCCOc1ccc(C(=O)CN2CCN(c3ncccc3Cl)CC2)cc1. The first-order valence-electron chi connectivity index (χ1n) is 9.51. The van der Waals surface area contributed by atoms with Crippen LogP contribution in [0.1, 0.15) is 30.1 Å². The highest BCUT2D eigenvalue weighted by atomic mass is 35.5. The van der Waals surface area contributed by atoms with Crippen molar-refractivity contribution in [1.82, 2.24) is 9.88 Å². The van der Waals surface area contributed by atoms with Gasteiger partial charge in [0.25, 0.3) is 0 Å². The lowest BCUT2D eigenvalue weighted by Crippen LogP contribution is -2.48. The second-order valence-electron chi connectivity index (χ2n) is 6.72. The molecule has 0 atom stereocenters. The molecule has 0 unspecified atom stereocenters. The first-order chi connectivity index (χ1) is 13.2. The summed E-state index contributed by atoms with van der Waals surface area (Å²) in [5.41, 5.74) is 0.730. The van der Waals surface area contributed by atoms with Gasteiger partial charge >= 0.3 is 0 Å². The molecule has 0 radical (unpaired) electrons. The minimum atomic E-state index is 0.138. The average Bonchev–Trinajstić information content (AvgIpc) is 2.70. The highest BCUT2D eigenvalue weighted by Crippen LogP contribution is 2.23. The van der Waals surface area contributed by atoms with Crippen molar-refractivity contribution in [3.63, 3.8) is 0 Å². The van der Waals surface area contributed by atoms with Crippen molar-refractivity contribution in [2.45, 2.75) is 19.8 Å². The average molecular weight is 388 g/mol. The fourth-order valence-corrected chi connectivity index (χ4v) is 3.33. The van der Waals surface area contributed by atoms with E-state index in [0.717, 1.165) is 56.2 Å². The standard InChI is InChI=1S/C21H26ClN3O2/c1-2-3-15-27-18-8-6-17(7-9-18)20(26)16-24-11-13-25(14-12-24)21-19(22)5-4-10-23-21/h4-10H,2-3,11-16H2,1H3. The van der Waals surface area contributed by atoms with E-state index in [-0.39, 0.29) is 5.78 Å². The molecular formula is C21H26ClN3O2. The van der Waals surface area contributed by atoms with Gasteiger partial charge in [-0.15, -0.1) is 0 Å². The van der Waals surface area contributed by atoms with Gasteiger partial charge in [0.15, 0.2) is 5.78 Å². The summed E-state index contributed by atoms with van der Waals surface area (Å²) in [5.74, 6) is 1.78. The van der Waals surface area contributed by atoms with Crippen LogP contribution in [0.5, 0.6) is 5.75 Å². The number of carbonyl (C=O) groups excluding carboxylic acids is 1. The first kappa shape index (κ1) is 19.6. The number of unbranched alkanes of at least 4 members (excludes halogenated alkanes) is 1. The number of Topliss-reactive ketones (excluding diaryl/α,β-unsaturated/α-hetero) is 1. The molecule has 1 aromatic carbocycles. The number of ketones is 1. The van der Waals surface area contributed by atoms with Crippen molar-refractivity contribution in [2.24, 2.45) is 0 Å². The molecule has 2 aromatic rings. The molecule has 3 rings (SSSR count). The molecule has 1 aliphatic heterocycles. The predicted molar refractivity (Wildman–Crippen MR) is 109 cm³/mol. The van der Waals surface area contributed by atoms with E-state index in [0.29, 0.717) is 18.2 Å². The van der Waals surface area contributed by atoms with E-state index in [1.807, 2.05) is 36.4 Å². The molecule has 5 nitrogen and oxygen atoms in total. The maximum absolute atomic E-state index is 12.6. The molecule has 27 heavy (non-hydrogen) atoms. The zero-order valence-corrected chi connectivity index (χ0v) is 16.5. The Morgan fingerprint density at radius 1 is 1.15 bits per heavy atom. The molecule has 0 saturated carbocycles. The van der Waals surface area contributed by atoms with Gasteiger partial charge in [-0.05, 0) is 42.8 Å². The Morgan fingerprint density at radius 2 is 1.89 bits per heavy atom. The molecule has 2 heterocycles. The Balaban J connectivity index is 1.48. The van der Waals surface area contributed by atoms with E-state index in [1.165, 1.54) is 0 Å². The van der Waals surface area contributed by atoms with Crippen LogP contribution in [0.2, 0.25) is 5.02 Å². The van der Waals surface area contributed by atoms with Crippen LogP contribution < -0.4 is 9.64 Å². The normalized spacial score (nSPS) is 15.0. The third-order valence-electron chi connectivity index (χ3n) is 4.72. The highest BCUT2D eigenvalue weighted by molar-refractivity contribution is 6.32. The Hall–Kier alpha value is -2.11. The molecular weight excluding hydrogens is 362 g/mol. The second kappa shape index (κ2) is 9.72. The Bertz CT molecular complexity index is 743. The van der Waals surface area contributed by atoms with Crippen LogP contribution in [-0.2, 0) is 0 Å². The monoisotopic (exact) mass is 387 g/mol. The summed E-state index contributed by atoms with van der Waals surface area (Å²) >= 11 is 6.23. The molecule has 6 heteroatoms. The summed E-state index contributed by atoms with van der Waals surface area (Å²) in [4.78, 5) is 21.3. The van der Waals surface area contributed by atoms with Crippen LogP contribution in [-0.4, -0.2) is 55.0 Å². The number of carbonyl (C=O) groups is 1. The third kappa shape index (κ3) is 5.44. The van der Waals surface area contributed by atoms with Gasteiger partial charge in [-0.25, -0.2) is 4.98 Å². The van der Waals surface area contributed by atoms with Crippen LogP contribution in [0.3, 0.4) is 0 Å². The summed E-state index contributed by atoms with van der Waals surface area (Å²) in [6.45, 7) is 6.54. The van der Waals surface area contributed by atoms with Gasteiger partial charge in [0, 0.05) is 37.9 Å². The number of rotatable bonds is 8. The number of piperazine rings is 1. The van der Waals surface area contributed by atoms with Crippen LogP contribution in [0.25, 0.3) is 0 Å². The molecule has 1 saturated heterocycles. The van der Waals surface area contributed by atoms with Crippen molar-refractivity contribution < 1.29 is 9.53 Å². The summed E-state index contributed by atoms with van der Waals surface area (Å²) < 4.78 is 5.65. The number of halogens is 1. The summed E-state index contributed by atoms with van der Waals surface area (Å²) in [6.07, 6.45) is 3.90. The van der Waals surface area contributed by atoms with Crippen LogP contribution in [0, 0.1) is 0 Å². The van der Waals surface area contributed by atoms with Crippen LogP contribution >= 0.6 is 11.6 Å². The number of ether oxygens (including phenoxy) is 1. The molecule has 1 aromatic heterocycles. The Kier molecular flexibility index (Phi) is 7.07. The van der Waals surface area contributed by atoms with Crippen molar-refractivity contribution in [1.29, 1.82) is 0 Å². The van der Waals surface area contributed by atoms with Gasteiger partial charge in [-0.2, -0.15) is 0 Å². The number of aromatic nitrogens is 1. The van der Waals surface area contributed by atoms with Crippen molar-refractivity contribution >= 4 is 23.2 Å². The fraction of sp³-hybridized carbons (Fsp3) is 0.429. The molecule has 0 amide bonds. The lowest BCUT2D eigenvalue weighted by Gasteiger charge is -2.35. The Morgan fingerprint density at radius 3 is 2.56 bits per heavy atom. The van der Waals surface area contributed by atoms with E-state index in [9.17, 15) is 4.79 Å². The largest absolute Gasteiger partial charge is 0.494 e. The fourth-order valence-electron chi connectivity index (χ4n) is 3.09. The van der Waals surface area contributed by atoms with Gasteiger partial charge in [-0.1, -0.05) is 24.9 Å². The molecule has 144 valence electrons. The molecule has 0 bridgehead atoms. The minimum Gasteiger partial charge on any atom is -0.494 e. The molecule has 0 aliphatic carbocycles. The van der Waals surface area contributed by atoms with Gasteiger partial charge in [-0.3, -0.25) is 9.69 Å². The minimum absolute atomic E-state index is 0.138. The summed E-state index contributed by atoms with van der Waals surface area (Å²) in [5, 5.41) is 0.670. The van der Waals surface area contributed by atoms with Crippen molar-refractivity contribution in [3.8, 4) is 5.75 Å². The van der Waals surface area contributed by atoms with E-state index in [4.69, 9.17) is 16.3 Å². The zero-order chi connectivity index (χ0) is 19.1. The highest BCUT2D eigenvalue weighted by Gasteiger charge is 2.21. The number of hydrogen-bond donors (Lipinski definition) is 0. The molecule has 0 spiro atoms. The van der Waals surface area contributed by atoms with Crippen LogP contribution in [0.4, 0.5) is 5.82 Å². The van der Waals surface area contributed by atoms with Gasteiger partial charge in [0.2, 0.25) is 0 Å². The predicted octanol–water partition coefficient (Wildman–Crippen LogP) is 3.92. The van der Waals surface area contributed by atoms with Gasteiger partial charge < -0.3 is 9.64 Å². The topological polar surface area (TPSA) is 45.7 Å². The molecule has 0 N–H and O–H groups in total. The maximum atomic E-state index is 12.6. The molecule has 1 fully saturated rings. The molecule has 1 aliphatic rings. The van der Waals surface area contributed by atoms with Gasteiger partial charge in [0.05, 0.1) is 18.2 Å². The lowest BCUT2D eigenvalue weighted by atomic mass is 10.1. The quantitative estimate of drug-likeness (QED) is 0.507. The number of nitrogens with zero attached hydrogens (tertiary/aromatic N) is 3. The zero-order valence-electron chi connectivity index (χ0n) is 15.7. The summed E-state index contributed by atoms with van der Waals surface area (Å²) in [6, 6.07) is 11.2. The number of benzene rings is 1. The third-order valence-corrected chi connectivity index (χ3v) is 5.02. The Labute approximate surface area is 165 Å². The first-order valence-corrected chi connectivity index (χ1v) is 9.89. The smallest absolute Gasteiger partial charge is 0.176 e. The van der Waals surface area contributed by atoms with Gasteiger partial charge in [0.1, 0.15) is 11.6 Å². The van der Waals surface area contributed by atoms with Crippen LogP contribution in [0.15, 0.2) is 42.6 Å². The second-order valence-corrected chi connectivity index (χ2v) is 7.13. The van der Waals surface area contributed by atoms with Crippen molar-refractivity contribution in [3.05, 3.63) is 53.2 Å². The van der Waals surface area contributed by atoms with E-state index in [2.05, 4.69) is 21.7 Å². The van der Waals surface area contributed by atoms with E-state index >= 15 is 0 Å². The summed E-state index contributed by atoms with van der Waals surface area (Å²) in [7, 11) is 0. The van der Waals surface area contributed by atoms with E-state index < -0.39 is 0 Å². The number of anilines is 1. The lowest BCUT2D eigenvalue weighted by molar-refractivity contribution is 0.0926. The van der Waals surface area contributed by atoms with Crippen molar-refractivity contribution in [2.75, 3.05) is 44.2 Å². The maximum Gasteiger partial charge on any atom is 0.176 e. The van der Waals surface area contributed by atoms with E-state index in [1.54, 1.807) is 6.20 Å². The number of pyridine rings is 1. The number of hydrogen-bond acceptors (Lipinski definition) is 5.